The van der Waals surface area contributed by atoms with Crippen LogP contribution in [-0.2, 0) is 19.1 Å². The molecular formula is C19H24F6O4. The minimum atomic E-state index is -4.50. The Kier molecular flexibility index (Phi) is 7.62. The van der Waals surface area contributed by atoms with Gasteiger partial charge in [0.25, 0.3) is 0 Å². The maximum absolute atomic E-state index is 13.1. The van der Waals surface area contributed by atoms with Gasteiger partial charge in [-0.2, -0.15) is 26.3 Å². The van der Waals surface area contributed by atoms with Crippen molar-refractivity contribution in [2.24, 2.45) is 11.8 Å². The summed E-state index contributed by atoms with van der Waals surface area (Å²) in [6.07, 6.45) is -9.48. The summed E-state index contributed by atoms with van der Waals surface area (Å²) < 4.78 is 88.2. The van der Waals surface area contributed by atoms with Gasteiger partial charge >= 0.3 is 24.3 Å². The van der Waals surface area contributed by atoms with Gasteiger partial charge in [-0.15, -0.1) is 0 Å². The van der Waals surface area contributed by atoms with Gasteiger partial charge in [0.15, 0.2) is 0 Å². The molecule has 2 aliphatic rings. The molecule has 10 heteroatoms. The van der Waals surface area contributed by atoms with E-state index >= 15 is 0 Å². The average molecular weight is 430 g/mol. The second-order valence-electron chi connectivity index (χ2n) is 7.61. The summed E-state index contributed by atoms with van der Waals surface area (Å²) in [6.45, 7) is 1.15. The average Bonchev–Trinajstić information content (AvgIpc) is 2.60. The fourth-order valence-corrected chi connectivity index (χ4v) is 3.87. The zero-order chi connectivity index (χ0) is 21.8. The predicted octanol–water partition coefficient (Wildman–Crippen LogP) is 5.26. The number of esters is 2. The van der Waals surface area contributed by atoms with Crippen molar-refractivity contribution in [3.05, 3.63) is 11.6 Å². The quantitative estimate of drug-likeness (QED) is 0.347. The monoisotopic (exact) mass is 430 g/mol. The summed E-state index contributed by atoms with van der Waals surface area (Å²) in [4.78, 5) is 24.1. The molecule has 0 bridgehead atoms. The van der Waals surface area contributed by atoms with Gasteiger partial charge in [-0.3, -0.25) is 0 Å². The molecule has 4 nitrogen and oxygen atoms in total. The Morgan fingerprint density at radius 2 is 1.17 bits per heavy atom. The van der Waals surface area contributed by atoms with Gasteiger partial charge in [0.05, 0.1) is 11.8 Å². The minimum Gasteiger partial charge on any atom is -0.459 e. The molecule has 0 saturated heterocycles. The summed E-state index contributed by atoms with van der Waals surface area (Å²) in [6, 6.07) is 0. The zero-order valence-corrected chi connectivity index (χ0v) is 15.9. The molecule has 2 saturated carbocycles. The van der Waals surface area contributed by atoms with E-state index in [0.717, 1.165) is 6.92 Å². The summed E-state index contributed by atoms with van der Waals surface area (Å²) in [7, 11) is 0. The number of ether oxygens (including phenoxy) is 2. The van der Waals surface area contributed by atoms with Crippen LogP contribution in [0.3, 0.4) is 0 Å². The van der Waals surface area contributed by atoms with Crippen LogP contribution in [0.5, 0.6) is 0 Å². The van der Waals surface area contributed by atoms with Gasteiger partial charge in [0.2, 0.25) is 0 Å². The van der Waals surface area contributed by atoms with E-state index in [1.54, 1.807) is 0 Å². The molecule has 0 N–H and O–H groups in total. The fourth-order valence-electron chi connectivity index (χ4n) is 3.87. The third kappa shape index (κ3) is 6.64. The molecule has 0 aromatic carbocycles. The molecule has 0 heterocycles. The minimum absolute atomic E-state index is 0.0581. The molecule has 166 valence electrons. The van der Waals surface area contributed by atoms with E-state index in [0.29, 0.717) is 31.8 Å². The standard InChI is InChI=1S/C19H24F6O4/c1-11(17(27)29-15-9-5-3-7-13(15)19(23,24)25)10-16(26)28-14-8-4-2-6-12(14)18(20,21)22/h10,12-15H,2-9H2,1H3/b11-10+. The van der Waals surface area contributed by atoms with Crippen molar-refractivity contribution < 1.29 is 45.4 Å². The molecule has 29 heavy (non-hydrogen) atoms. The highest BCUT2D eigenvalue weighted by Crippen LogP contribution is 2.40. The van der Waals surface area contributed by atoms with Crippen LogP contribution in [0.15, 0.2) is 11.6 Å². The molecule has 4 atom stereocenters. The van der Waals surface area contributed by atoms with Gasteiger partial charge in [-0.25, -0.2) is 9.59 Å². The lowest BCUT2D eigenvalue weighted by Gasteiger charge is -2.32. The SMILES string of the molecule is C/C(=C\C(=O)OC1CCCCC1C(F)(F)F)C(=O)OC1CCCCC1C(F)(F)F. The molecule has 0 aromatic rings. The first-order valence-electron chi connectivity index (χ1n) is 9.63. The fraction of sp³-hybridized carbons (Fsp3) is 0.789. The second-order valence-corrected chi connectivity index (χ2v) is 7.61. The van der Waals surface area contributed by atoms with Gasteiger partial charge in [0, 0.05) is 11.6 Å². The summed E-state index contributed by atoms with van der Waals surface area (Å²) >= 11 is 0. The first-order chi connectivity index (χ1) is 13.4. The summed E-state index contributed by atoms with van der Waals surface area (Å²) in [5.41, 5.74) is -0.319. The van der Waals surface area contributed by atoms with Crippen molar-refractivity contribution >= 4 is 11.9 Å². The maximum atomic E-state index is 13.1. The molecular weight excluding hydrogens is 406 g/mol. The Morgan fingerprint density at radius 1 is 0.759 bits per heavy atom. The molecule has 2 rings (SSSR count). The smallest absolute Gasteiger partial charge is 0.395 e. The van der Waals surface area contributed by atoms with Gasteiger partial charge in [0.1, 0.15) is 12.2 Å². The van der Waals surface area contributed by atoms with Crippen molar-refractivity contribution in [3.63, 3.8) is 0 Å². The van der Waals surface area contributed by atoms with Crippen LogP contribution < -0.4 is 0 Å². The van der Waals surface area contributed by atoms with Crippen LogP contribution in [-0.4, -0.2) is 36.5 Å². The number of carbonyl (C=O) groups excluding carboxylic acids is 2. The van der Waals surface area contributed by atoms with Gasteiger partial charge < -0.3 is 9.47 Å². The van der Waals surface area contributed by atoms with Crippen molar-refractivity contribution in [2.75, 3.05) is 0 Å². The highest BCUT2D eigenvalue weighted by Gasteiger charge is 2.48. The van der Waals surface area contributed by atoms with Crippen LogP contribution in [0.25, 0.3) is 0 Å². The third-order valence-corrected chi connectivity index (χ3v) is 5.43. The van der Waals surface area contributed by atoms with Crippen molar-refractivity contribution in [2.45, 2.75) is 82.9 Å². The van der Waals surface area contributed by atoms with E-state index in [9.17, 15) is 35.9 Å². The number of hydrogen-bond donors (Lipinski definition) is 0. The normalized spacial score (nSPS) is 29.3. The number of rotatable bonds is 4. The van der Waals surface area contributed by atoms with Crippen LogP contribution in [0.2, 0.25) is 0 Å². The van der Waals surface area contributed by atoms with Gasteiger partial charge in [-0.1, -0.05) is 12.8 Å². The lowest BCUT2D eigenvalue weighted by Crippen LogP contribution is -2.40. The second kappa shape index (κ2) is 9.38. The number of alkyl halides is 6. The molecule has 2 fully saturated rings. The van der Waals surface area contributed by atoms with Crippen molar-refractivity contribution in [3.8, 4) is 0 Å². The van der Waals surface area contributed by atoms with E-state index in [1.165, 1.54) is 0 Å². The van der Waals surface area contributed by atoms with E-state index in [2.05, 4.69) is 0 Å². The molecule has 0 spiro atoms. The van der Waals surface area contributed by atoms with Gasteiger partial charge in [-0.05, 0) is 45.4 Å². The lowest BCUT2D eigenvalue weighted by molar-refractivity contribution is -0.216. The highest BCUT2D eigenvalue weighted by atomic mass is 19.4. The Bertz CT molecular complexity index is 625. The summed E-state index contributed by atoms with van der Waals surface area (Å²) in [5, 5.41) is 0. The van der Waals surface area contributed by atoms with Crippen LogP contribution in [0.1, 0.15) is 58.3 Å². The van der Waals surface area contributed by atoms with Crippen LogP contribution in [0.4, 0.5) is 26.3 Å². The van der Waals surface area contributed by atoms with Crippen LogP contribution in [0, 0.1) is 11.8 Å². The Labute approximate surface area is 164 Å². The predicted molar refractivity (Wildman–Crippen MR) is 89.5 cm³/mol. The third-order valence-electron chi connectivity index (χ3n) is 5.43. The highest BCUT2D eigenvalue weighted by molar-refractivity contribution is 5.96. The number of halogens is 6. The largest absolute Gasteiger partial charge is 0.459 e. The van der Waals surface area contributed by atoms with E-state index in [4.69, 9.17) is 9.47 Å². The Hall–Kier alpha value is -1.74. The molecule has 4 unspecified atom stereocenters. The molecule has 0 radical (unpaired) electrons. The van der Waals surface area contributed by atoms with E-state index in [-0.39, 0.29) is 31.3 Å². The van der Waals surface area contributed by atoms with E-state index < -0.39 is 48.3 Å². The molecule has 2 aliphatic carbocycles. The molecule has 0 aliphatic heterocycles. The van der Waals surface area contributed by atoms with Crippen molar-refractivity contribution in [1.82, 2.24) is 0 Å². The Balaban J connectivity index is 1.98. The summed E-state index contributed by atoms with van der Waals surface area (Å²) in [5.74, 6) is -5.79. The zero-order valence-electron chi connectivity index (χ0n) is 15.9. The number of carbonyl (C=O) groups is 2. The lowest BCUT2D eigenvalue weighted by atomic mass is 9.86. The maximum Gasteiger partial charge on any atom is 0.395 e. The first kappa shape index (κ1) is 23.5. The van der Waals surface area contributed by atoms with E-state index in [1.807, 2.05) is 0 Å². The van der Waals surface area contributed by atoms with Crippen molar-refractivity contribution in [1.29, 1.82) is 0 Å². The first-order valence-corrected chi connectivity index (χ1v) is 9.63. The molecule has 0 amide bonds. The van der Waals surface area contributed by atoms with Crippen LogP contribution >= 0.6 is 0 Å². The Morgan fingerprint density at radius 3 is 1.62 bits per heavy atom. The molecule has 0 aromatic heterocycles. The number of hydrogen-bond acceptors (Lipinski definition) is 4. The topological polar surface area (TPSA) is 52.6 Å².